The molecule has 0 aliphatic carbocycles. The van der Waals surface area contributed by atoms with Gasteiger partial charge in [-0.25, -0.2) is 0 Å². The zero-order chi connectivity index (χ0) is 29.7. The molecule has 0 aliphatic heterocycles. The molecular weight excluding hydrogens is 567 g/mol. The van der Waals surface area contributed by atoms with Gasteiger partial charge in [-0.3, -0.25) is 4.79 Å². The van der Waals surface area contributed by atoms with E-state index in [9.17, 15) is 14.7 Å². The summed E-state index contributed by atoms with van der Waals surface area (Å²) in [7, 11) is 3.03. The summed E-state index contributed by atoms with van der Waals surface area (Å²) in [6, 6.07) is 14.8. The molecule has 4 rings (SSSR count). The summed E-state index contributed by atoms with van der Waals surface area (Å²) < 4.78 is 31.3. The molecule has 0 saturated carbocycles. The standard InChI is InChI=1S/C31H32N2O7S.Na/c1-17(2)39-27-15-19(14-26(38-6)30(27)40-18(3)4)13-23(29(34)20-7-10-22(37-5)11-8-20)28(31(35)36)21-9-12-24-25(16-21)33-41-32-24;/h7-12,14-18H,13H2,1-6H3,(H,35,36);/q;+1/p-1. The number of benzene rings is 3. The number of aromatic nitrogens is 2. The largest absolute Gasteiger partial charge is 1.00 e. The van der Waals surface area contributed by atoms with Crippen molar-refractivity contribution >= 4 is 40.1 Å². The second kappa shape index (κ2) is 14.6. The predicted octanol–water partition coefficient (Wildman–Crippen LogP) is 1.92. The first kappa shape index (κ1) is 33.1. The number of ether oxygens (including phenoxy) is 4. The van der Waals surface area contributed by atoms with Crippen LogP contribution in [0.25, 0.3) is 16.6 Å². The van der Waals surface area contributed by atoms with Crippen molar-refractivity contribution in [2.75, 3.05) is 14.2 Å². The summed E-state index contributed by atoms with van der Waals surface area (Å²) in [6.45, 7) is 7.55. The number of fused-ring (bicyclic) bond motifs is 1. The van der Waals surface area contributed by atoms with Gasteiger partial charge in [-0.1, -0.05) is 6.07 Å². The number of nitrogens with zero attached hydrogens (tertiary/aromatic N) is 2. The molecule has 0 aliphatic rings. The van der Waals surface area contributed by atoms with E-state index in [0.717, 1.165) is 11.7 Å². The summed E-state index contributed by atoms with van der Waals surface area (Å²) in [5.74, 6) is -0.161. The number of hydrogen-bond donors (Lipinski definition) is 0. The number of carbonyl (C=O) groups excluding carboxylic acids is 2. The van der Waals surface area contributed by atoms with Crippen LogP contribution in [0.2, 0.25) is 0 Å². The van der Waals surface area contributed by atoms with Gasteiger partial charge in [0.2, 0.25) is 5.75 Å². The van der Waals surface area contributed by atoms with E-state index >= 15 is 0 Å². The molecule has 0 unspecified atom stereocenters. The fourth-order valence-corrected chi connectivity index (χ4v) is 4.85. The first-order chi connectivity index (χ1) is 19.6. The average Bonchev–Trinajstić information content (AvgIpc) is 3.41. The van der Waals surface area contributed by atoms with Crippen molar-refractivity contribution in [2.45, 2.75) is 46.3 Å². The van der Waals surface area contributed by atoms with Crippen molar-refractivity contribution in [3.63, 3.8) is 0 Å². The molecule has 11 heteroatoms. The van der Waals surface area contributed by atoms with Crippen molar-refractivity contribution < 1.29 is 63.2 Å². The summed E-state index contributed by atoms with van der Waals surface area (Å²) >= 11 is 1.02. The van der Waals surface area contributed by atoms with Crippen LogP contribution in [0.4, 0.5) is 0 Å². The third-order valence-corrected chi connectivity index (χ3v) is 6.63. The SMILES string of the molecule is COc1ccc(C(=O)C(Cc2cc(OC)c(OC(C)C)c(OC(C)C)c2)=C(C(=O)[O-])c2ccc3nsnc3c2)cc1.[Na+]. The molecule has 0 saturated heterocycles. The van der Waals surface area contributed by atoms with Gasteiger partial charge in [0.15, 0.2) is 17.3 Å². The molecule has 0 amide bonds. The van der Waals surface area contributed by atoms with Crippen LogP contribution in [0.1, 0.15) is 49.2 Å². The fourth-order valence-electron chi connectivity index (χ4n) is 4.33. The Morgan fingerprint density at radius 2 is 1.43 bits per heavy atom. The van der Waals surface area contributed by atoms with E-state index in [1.165, 1.54) is 14.2 Å². The van der Waals surface area contributed by atoms with Gasteiger partial charge in [-0.15, -0.1) is 0 Å². The number of carbonyl (C=O) groups is 2. The Labute approximate surface area is 271 Å². The van der Waals surface area contributed by atoms with Gasteiger partial charge in [0.1, 0.15) is 16.8 Å². The molecule has 0 radical (unpaired) electrons. The van der Waals surface area contributed by atoms with Gasteiger partial charge in [-0.05, 0) is 87.4 Å². The Hall–Kier alpha value is -3.44. The molecule has 4 aromatic rings. The molecule has 0 N–H and O–H groups in total. The second-order valence-corrected chi connectivity index (χ2v) is 10.3. The van der Waals surface area contributed by atoms with Gasteiger partial charge in [-0.2, -0.15) is 8.75 Å². The first-order valence-electron chi connectivity index (χ1n) is 13.0. The van der Waals surface area contributed by atoms with Crippen molar-refractivity contribution in [2.24, 2.45) is 0 Å². The van der Waals surface area contributed by atoms with Crippen LogP contribution >= 0.6 is 11.7 Å². The molecule has 42 heavy (non-hydrogen) atoms. The fraction of sp³-hybridized carbons (Fsp3) is 0.290. The van der Waals surface area contributed by atoms with Gasteiger partial charge >= 0.3 is 29.6 Å². The minimum absolute atomic E-state index is 0. The molecule has 0 bridgehead atoms. The van der Waals surface area contributed by atoms with Crippen LogP contribution in [0.5, 0.6) is 23.0 Å². The Balaban J connectivity index is 0.00000484. The zero-order valence-electron chi connectivity index (χ0n) is 24.7. The molecule has 9 nitrogen and oxygen atoms in total. The van der Waals surface area contributed by atoms with Crippen molar-refractivity contribution in [1.29, 1.82) is 0 Å². The number of hydrogen-bond acceptors (Lipinski definition) is 10. The van der Waals surface area contributed by atoms with Crippen molar-refractivity contribution in [3.8, 4) is 23.0 Å². The van der Waals surface area contributed by atoms with Gasteiger partial charge in [0.05, 0.1) is 44.1 Å². The minimum atomic E-state index is -1.49. The van der Waals surface area contributed by atoms with E-state index in [2.05, 4.69) is 8.75 Å². The number of ketones is 1. The van der Waals surface area contributed by atoms with E-state index in [4.69, 9.17) is 18.9 Å². The smallest absolute Gasteiger partial charge is 0.545 e. The van der Waals surface area contributed by atoms with Crippen LogP contribution in [-0.4, -0.2) is 46.9 Å². The molecule has 1 heterocycles. The van der Waals surface area contributed by atoms with Crippen LogP contribution in [-0.2, 0) is 11.2 Å². The normalized spacial score (nSPS) is 11.6. The number of carboxylic acid groups (broad SMARTS) is 1. The van der Waals surface area contributed by atoms with E-state index in [1.807, 2.05) is 27.7 Å². The molecule has 1 aromatic heterocycles. The molecular formula is C31H31N2NaO7S. The maximum absolute atomic E-state index is 14.0. The molecule has 0 atom stereocenters. The number of allylic oxidation sites excluding steroid dienone is 1. The van der Waals surface area contributed by atoms with E-state index in [1.54, 1.807) is 54.6 Å². The van der Waals surface area contributed by atoms with Gasteiger partial charge in [0.25, 0.3) is 0 Å². The number of carboxylic acids is 1. The third kappa shape index (κ3) is 7.69. The molecule has 0 fully saturated rings. The molecule has 214 valence electrons. The van der Waals surface area contributed by atoms with E-state index in [-0.39, 0.29) is 64.9 Å². The first-order valence-corrected chi connectivity index (χ1v) is 13.7. The van der Waals surface area contributed by atoms with Crippen LogP contribution in [0.3, 0.4) is 0 Å². The van der Waals surface area contributed by atoms with Crippen molar-refractivity contribution in [1.82, 2.24) is 8.75 Å². The maximum atomic E-state index is 14.0. The van der Waals surface area contributed by atoms with Crippen molar-refractivity contribution in [3.05, 3.63) is 76.9 Å². The number of methoxy groups -OCH3 is 2. The second-order valence-electron chi connectivity index (χ2n) is 9.80. The Morgan fingerprint density at radius 1 is 0.810 bits per heavy atom. The monoisotopic (exact) mass is 598 g/mol. The van der Waals surface area contributed by atoms with E-state index < -0.39 is 11.8 Å². The zero-order valence-corrected chi connectivity index (χ0v) is 27.5. The summed E-state index contributed by atoms with van der Waals surface area (Å²) in [6.07, 6.45) is -0.400. The summed E-state index contributed by atoms with van der Waals surface area (Å²) in [4.78, 5) is 26.7. The van der Waals surface area contributed by atoms with E-state index in [0.29, 0.717) is 45.2 Å². The van der Waals surface area contributed by atoms with Gasteiger partial charge < -0.3 is 28.8 Å². The topological polar surface area (TPSA) is 120 Å². The minimum Gasteiger partial charge on any atom is -0.545 e. The quantitative estimate of drug-likeness (QED) is 0.137. The van der Waals surface area contributed by atoms with Crippen LogP contribution in [0.15, 0.2) is 60.2 Å². The Morgan fingerprint density at radius 3 is 2.02 bits per heavy atom. The third-order valence-electron chi connectivity index (χ3n) is 6.07. The predicted molar refractivity (Wildman–Crippen MR) is 155 cm³/mol. The number of aliphatic carboxylic acids is 1. The maximum Gasteiger partial charge on any atom is 1.00 e. The average molecular weight is 599 g/mol. The Bertz CT molecular complexity index is 1600. The molecule has 0 spiro atoms. The molecule has 3 aromatic carbocycles. The Kier molecular flexibility index (Phi) is 11.5. The van der Waals surface area contributed by atoms with Crippen LogP contribution in [0, 0.1) is 0 Å². The number of Topliss-reactive ketones (excluding diaryl/α,β-unsaturated/α-hetero) is 1. The van der Waals surface area contributed by atoms with Crippen LogP contribution < -0.4 is 53.6 Å². The van der Waals surface area contributed by atoms with Gasteiger partial charge in [0, 0.05) is 23.1 Å². The summed E-state index contributed by atoms with van der Waals surface area (Å²) in [5.41, 5.74) is 2.09. The number of rotatable bonds is 12. The summed E-state index contributed by atoms with van der Waals surface area (Å²) in [5, 5.41) is 12.7.